The van der Waals surface area contributed by atoms with Gasteiger partial charge in [-0.2, -0.15) is 13.2 Å². The molecule has 3 N–H and O–H groups in total. The molecule has 0 aromatic heterocycles. The normalized spacial score (nSPS) is 12.8. The Labute approximate surface area is 120 Å². The first-order chi connectivity index (χ1) is 9.27. The van der Waals surface area contributed by atoms with Crippen molar-refractivity contribution < 1.29 is 18.0 Å². The van der Waals surface area contributed by atoms with Gasteiger partial charge >= 0.3 is 6.18 Å². The predicted octanol–water partition coefficient (Wildman–Crippen LogP) is 2.89. The highest BCUT2D eigenvalue weighted by Gasteiger charge is 2.35. The molecule has 0 saturated heterocycles. The molecule has 7 heteroatoms. The second-order valence-electron chi connectivity index (χ2n) is 4.26. The van der Waals surface area contributed by atoms with Gasteiger partial charge in [-0.3, -0.25) is 4.79 Å². The van der Waals surface area contributed by atoms with Crippen LogP contribution in [-0.4, -0.2) is 16.9 Å². The lowest BCUT2D eigenvalue weighted by Gasteiger charge is -2.18. The van der Waals surface area contributed by atoms with E-state index in [0.29, 0.717) is 12.8 Å². The number of carbonyl (C=O) groups excluding carboxylic acids is 1. The molecule has 110 valence electrons. The molecule has 1 aromatic carbocycles. The second kappa shape index (κ2) is 6.69. The average Bonchev–Trinajstić information content (AvgIpc) is 2.37. The molecule has 1 aromatic rings. The van der Waals surface area contributed by atoms with Crippen molar-refractivity contribution in [1.82, 2.24) is 5.32 Å². The van der Waals surface area contributed by atoms with Gasteiger partial charge in [-0.1, -0.05) is 37.7 Å². The highest BCUT2D eigenvalue weighted by molar-refractivity contribution is 7.80. The van der Waals surface area contributed by atoms with Gasteiger partial charge in [0.1, 0.15) is 0 Å². The maximum atomic E-state index is 12.8. The maximum Gasteiger partial charge on any atom is 0.417 e. The summed E-state index contributed by atoms with van der Waals surface area (Å²) in [5.41, 5.74) is 4.06. The van der Waals surface area contributed by atoms with Crippen LogP contribution in [-0.2, 0) is 6.18 Å². The van der Waals surface area contributed by atoms with Gasteiger partial charge in [0.05, 0.1) is 22.2 Å². The number of nitrogens with one attached hydrogen (secondary N) is 1. The van der Waals surface area contributed by atoms with E-state index >= 15 is 0 Å². The Bertz CT molecular complexity index is 503. The topological polar surface area (TPSA) is 55.1 Å². The van der Waals surface area contributed by atoms with E-state index in [1.54, 1.807) is 0 Å². The molecule has 1 unspecified atom stereocenters. The zero-order valence-corrected chi connectivity index (χ0v) is 11.6. The van der Waals surface area contributed by atoms with Crippen molar-refractivity contribution in [1.29, 1.82) is 0 Å². The van der Waals surface area contributed by atoms with E-state index in [2.05, 4.69) is 5.32 Å². The van der Waals surface area contributed by atoms with Gasteiger partial charge < -0.3 is 11.1 Å². The first kappa shape index (κ1) is 16.4. The lowest BCUT2D eigenvalue weighted by molar-refractivity contribution is -0.137. The van der Waals surface area contributed by atoms with E-state index in [4.69, 9.17) is 18.0 Å². The van der Waals surface area contributed by atoms with Crippen LogP contribution >= 0.6 is 12.2 Å². The predicted molar refractivity (Wildman–Crippen MR) is 74.4 cm³/mol. The third kappa shape index (κ3) is 4.19. The van der Waals surface area contributed by atoms with Gasteiger partial charge in [-0.15, -0.1) is 0 Å². The Kier molecular flexibility index (Phi) is 5.50. The number of carbonyl (C=O) groups is 1. The van der Waals surface area contributed by atoms with Crippen LogP contribution in [0.25, 0.3) is 0 Å². The molecule has 1 rings (SSSR count). The number of thiocarbonyl (C=S) groups is 1. The molecule has 1 amide bonds. The Balaban J connectivity index is 3.01. The Morgan fingerprint density at radius 1 is 1.40 bits per heavy atom. The van der Waals surface area contributed by atoms with Crippen molar-refractivity contribution in [2.45, 2.75) is 32.0 Å². The Morgan fingerprint density at radius 3 is 2.50 bits per heavy atom. The van der Waals surface area contributed by atoms with E-state index in [1.165, 1.54) is 12.1 Å². The quantitative estimate of drug-likeness (QED) is 0.822. The van der Waals surface area contributed by atoms with Gasteiger partial charge in [-0.25, -0.2) is 0 Å². The van der Waals surface area contributed by atoms with E-state index in [0.717, 1.165) is 12.1 Å². The summed E-state index contributed by atoms with van der Waals surface area (Å²) in [7, 11) is 0. The van der Waals surface area contributed by atoms with E-state index in [-0.39, 0.29) is 4.99 Å². The molecule has 0 radical (unpaired) electrons. The molecule has 0 bridgehead atoms. The molecule has 20 heavy (non-hydrogen) atoms. The summed E-state index contributed by atoms with van der Waals surface area (Å²) >= 11 is 4.80. The number of rotatable bonds is 5. The molecule has 0 heterocycles. The minimum atomic E-state index is -4.59. The summed E-state index contributed by atoms with van der Waals surface area (Å²) in [6.07, 6.45) is -3.41. The smallest absolute Gasteiger partial charge is 0.392 e. The van der Waals surface area contributed by atoms with Crippen molar-refractivity contribution >= 4 is 23.1 Å². The monoisotopic (exact) mass is 304 g/mol. The van der Waals surface area contributed by atoms with Gasteiger partial charge in [0, 0.05) is 0 Å². The molecule has 0 aliphatic heterocycles. The van der Waals surface area contributed by atoms with Crippen LogP contribution in [0, 0.1) is 0 Å². The van der Waals surface area contributed by atoms with Crippen LogP contribution in [0.4, 0.5) is 13.2 Å². The second-order valence-corrected chi connectivity index (χ2v) is 4.73. The molecule has 3 nitrogen and oxygen atoms in total. The van der Waals surface area contributed by atoms with Gasteiger partial charge in [0.25, 0.3) is 5.91 Å². The van der Waals surface area contributed by atoms with Crippen LogP contribution in [0.5, 0.6) is 0 Å². The summed E-state index contributed by atoms with van der Waals surface area (Å²) in [4.78, 5) is 12.0. The summed E-state index contributed by atoms with van der Waals surface area (Å²) in [5, 5.41) is 2.44. The fourth-order valence-corrected chi connectivity index (χ4v) is 1.92. The highest BCUT2D eigenvalue weighted by Crippen LogP contribution is 2.31. The number of hydrogen-bond donors (Lipinski definition) is 2. The van der Waals surface area contributed by atoms with Gasteiger partial charge in [0.15, 0.2) is 0 Å². The first-order valence-corrected chi connectivity index (χ1v) is 6.44. The minimum Gasteiger partial charge on any atom is -0.392 e. The Morgan fingerprint density at radius 2 is 2.00 bits per heavy atom. The number of alkyl halides is 3. The van der Waals surface area contributed by atoms with Gasteiger partial charge in [-0.05, 0) is 18.6 Å². The first-order valence-electron chi connectivity index (χ1n) is 6.03. The molecule has 0 aliphatic rings. The van der Waals surface area contributed by atoms with E-state index in [1.807, 2.05) is 6.92 Å². The number of hydrogen-bond acceptors (Lipinski definition) is 2. The molecular formula is C13H15F3N2OS. The van der Waals surface area contributed by atoms with Crippen molar-refractivity contribution in [2.24, 2.45) is 5.73 Å². The van der Waals surface area contributed by atoms with Crippen LogP contribution < -0.4 is 11.1 Å². The standard InChI is InChI=1S/C13H15F3N2OS/c1-2-5-10(11(17)20)18-12(19)8-6-3-4-7-9(8)13(14,15)16/h3-4,6-7,10H,2,5H2,1H3,(H2,17,20)(H,18,19). The fourth-order valence-electron chi connectivity index (χ4n) is 1.74. The average molecular weight is 304 g/mol. The van der Waals surface area contributed by atoms with Crippen LogP contribution in [0.15, 0.2) is 24.3 Å². The van der Waals surface area contributed by atoms with Crippen LogP contribution in [0.1, 0.15) is 35.7 Å². The SMILES string of the molecule is CCCC(NC(=O)c1ccccc1C(F)(F)F)C(N)=S. The third-order valence-corrected chi connectivity index (χ3v) is 2.99. The fraction of sp³-hybridized carbons (Fsp3) is 0.385. The van der Waals surface area contributed by atoms with E-state index in [9.17, 15) is 18.0 Å². The minimum absolute atomic E-state index is 0.0599. The van der Waals surface area contributed by atoms with Gasteiger partial charge in [0.2, 0.25) is 0 Å². The summed E-state index contributed by atoms with van der Waals surface area (Å²) < 4.78 is 38.5. The molecule has 0 fully saturated rings. The summed E-state index contributed by atoms with van der Waals surface area (Å²) in [6.45, 7) is 1.86. The van der Waals surface area contributed by atoms with Crippen LogP contribution in [0.2, 0.25) is 0 Å². The maximum absolute atomic E-state index is 12.8. The summed E-state index contributed by atoms with van der Waals surface area (Å²) in [6, 6.07) is 3.99. The molecule has 1 atom stereocenters. The molecular weight excluding hydrogens is 289 g/mol. The van der Waals surface area contributed by atoms with Crippen molar-refractivity contribution in [3.63, 3.8) is 0 Å². The summed E-state index contributed by atoms with van der Waals surface area (Å²) in [5.74, 6) is -0.829. The Hall–Kier alpha value is -1.63. The number of amides is 1. The zero-order valence-electron chi connectivity index (χ0n) is 10.8. The highest BCUT2D eigenvalue weighted by atomic mass is 32.1. The molecule has 0 aliphatic carbocycles. The molecule has 0 spiro atoms. The number of nitrogens with two attached hydrogens (primary N) is 1. The zero-order chi connectivity index (χ0) is 15.3. The number of benzene rings is 1. The van der Waals surface area contributed by atoms with Crippen LogP contribution in [0.3, 0.4) is 0 Å². The third-order valence-electron chi connectivity index (χ3n) is 2.70. The largest absolute Gasteiger partial charge is 0.417 e. The lowest BCUT2D eigenvalue weighted by atomic mass is 10.1. The lowest BCUT2D eigenvalue weighted by Crippen LogP contribution is -2.43. The number of halogens is 3. The molecule has 0 saturated carbocycles. The van der Waals surface area contributed by atoms with Crippen molar-refractivity contribution in [3.8, 4) is 0 Å². The van der Waals surface area contributed by atoms with Crippen molar-refractivity contribution in [2.75, 3.05) is 0 Å². The van der Waals surface area contributed by atoms with E-state index < -0.39 is 29.3 Å². The van der Waals surface area contributed by atoms with Crippen molar-refractivity contribution in [3.05, 3.63) is 35.4 Å².